The van der Waals surface area contributed by atoms with Gasteiger partial charge in [-0.05, 0) is 6.07 Å². The van der Waals surface area contributed by atoms with Crippen molar-refractivity contribution in [2.75, 3.05) is 0 Å². The highest BCUT2D eigenvalue weighted by molar-refractivity contribution is 6.00. The van der Waals surface area contributed by atoms with Gasteiger partial charge in [-0.3, -0.25) is 9.89 Å². The molecule has 0 unspecified atom stereocenters. The van der Waals surface area contributed by atoms with Crippen molar-refractivity contribution in [3.8, 4) is 0 Å². The molecule has 0 radical (unpaired) electrons. The van der Waals surface area contributed by atoms with E-state index in [4.69, 9.17) is 0 Å². The Morgan fingerprint density at radius 2 is 1.86 bits per heavy atom. The monoisotopic (exact) mass is 214 g/mol. The van der Waals surface area contributed by atoms with E-state index in [1.807, 2.05) is 0 Å². The van der Waals surface area contributed by atoms with Crippen LogP contribution in [0.5, 0.6) is 0 Å². The fourth-order valence-corrected chi connectivity index (χ4v) is 0.680. The minimum Gasteiger partial charge on any atom is -0.285 e. The van der Waals surface area contributed by atoms with Crippen LogP contribution in [-0.4, -0.2) is 28.1 Å². The van der Waals surface area contributed by atoms with Crippen molar-refractivity contribution in [2.24, 2.45) is 0 Å². The molecule has 14 heavy (non-hydrogen) atoms. The highest BCUT2D eigenvalue weighted by Gasteiger charge is 2.63. The highest BCUT2D eigenvalue weighted by atomic mass is 19.4. The molecule has 78 valence electrons. The average Bonchev–Trinajstić information content (AvgIpc) is 2.52. The minimum absolute atomic E-state index is 0.738. The summed E-state index contributed by atoms with van der Waals surface area (Å²) in [5.74, 6) is -7.73. The van der Waals surface area contributed by atoms with Crippen LogP contribution in [0.4, 0.5) is 22.0 Å². The summed E-state index contributed by atoms with van der Waals surface area (Å²) in [4.78, 5) is 10.6. The van der Waals surface area contributed by atoms with Crippen LogP contribution < -0.4 is 0 Å². The van der Waals surface area contributed by atoms with Gasteiger partial charge >= 0.3 is 12.1 Å². The van der Waals surface area contributed by atoms with E-state index in [1.54, 1.807) is 5.10 Å². The quantitative estimate of drug-likeness (QED) is 0.602. The van der Waals surface area contributed by atoms with Crippen molar-refractivity contribution in [1.29, 1.82) is 0 Å². The van der Waals surface area contributed by atoms with E-state index in [2.05, 4.69) is 5.10 Å². The molecular weight excluding hydrogens is 211 g/mol. The summed E-state index contributed by atoms with van der Waals surface area (Å²) in [7, 11) is 0. The molecule has 8 heteroatoms. The lowest BCUT2D eigenvalue weighted by atomic mass is 10.1. The number of rotatable bonds is 2. The normalized spacial score (nSPS) is 12.9. The van der Waals surface area contributed by atoms with Crippen molar-refractivity contribution in [3.63, 3.8) is 0 Å². The number of aromatic nitrogens is 2. The third kappa shape index (κ3) is 1.59. The Balaban J connectivity index is 3.01. The van der Waals surface area contributed by atoms with Gasteiger partial charge in [-0.1, -0.05) is 0 Å². The average molecular weight is 214 g/mol. The molecule has 1 aromatic rings. The maximum Gasteiger partial charge on any atom is 0.461 e. The maximum absolute atomic E-state index is 12.4. The summed E-state index contributed by atoms with van der Waals surface area (Å²) in [5, 5.41) is 4.83. The zero-order chi connectivity index (χ0) is 11.0. The van der Waals surface area contributed by atoms with Crippen LogP contribution in [-0.2, 0) is 0 Å². The third-order valence-electron chi connectivity index (χ3n) is 1.39. The number of Topliss-reactive ketones (excluding diaryl/α,β-unsaturated/α-hetero) is 1. The number of ketones is 1. The first kappa shape index (κ1) is 10.6. The van der Waals surface area contributed by atoms with Crippen molar-refractivity contribution in [2.45, 2.75) is 12.1 Å². The van der Waals surface area contributed by atoms with E-state index in [-0.39, 0.29) is 0 Å². The Morgan fingerprint density at radius 1 is 1.29 bits per heavy atom. The highest BCUT2D eigenvalue weighted by Crippen LogP contribution is 2.37. The molecular formula is C6H3F5N2O. The summed E-state index contributed by atoms with van der Waals surface area (Å²) in [6, 6.07) is 0.738. The van der Waals surface area contributed by atoms with Gasteiger partial charge in [0.25, 0.3) is 5.78 Å². The number of carbonyl (C=O) groups is 1. The molecule has 0 atom stereocenters. The summed E-state index contributed by atoms with van der Waals surface area (Å²) >= 11 is 0. The second kappa shape index (κ2) is 3.03. The van der Waals surface area contributed by atoms with Crippen molar-refractivity contribution < 1.29 is 26.7 Å². The summed E-state index contributed by atoms with van der Waals surface area (Å²) in [6.07, 6.45) is -4.99. The number of aromatic amines is 1. The number of carbonyl (C=O) groups excluding carboxylic acids is 1. The molecule has 0 aromatic carbocycles. The number of alkyl halides is 5. The first-order valence-corrected chi connectivity index (χ1v) is 3.25. The van der Waals surface area contributed by atoms with Crippen LogP contribution in [0.15, 0.2) is 12.3 Å². The lowest BCUT2D eigenvalue weighted by molar-refractivity contribution is -0.255. The number of halogens is 5. The summed E-state index contributed by atoms with van der Waals surface area (Å²) in [6.45, 7) is 0. The second-order valence-corrected chi connectivity index (χ2v) is 2.37. The molecule has 0 aliphatic rings. The van der Waals surface area contributed by atoms with Crippen molar-refractivity contribution in [1.82, 2.24) is 10.2 Å². The SMILES string of the molecule is O=C(c1ccn[nH]1)C(F)(F)C(F)(F)F. The van der Waals surface area contributed by atoms with Crippen LogP contribution in [0.1, 0.15) is 10.5 Å². The lowest BCUT2D eigenvalue weighted by Crippen LogP contribution is -2.44. The molecule has 1 heterocycles. The zero-order valence-electron chi connectivity index (χ0n) is 6.40. The largest absolute Gasteiger partial charge is 0.461 e. The summed E-state index contributed by atoms with van der Waals surface area (Å²) < 4.78 is 59.7. The third-order valence-corrected chi connectivity index (χ3v) is 1.39. The van der Waals surface area contributed by atoms with Gasteiger partial charge < -0.3 is 0 Å². The number of hydrogen-bond donors (Lipinski definition) is 1. The van der Waals surface area contributed by atoms with Crippen LogP contribution in [0.3, 0.4) is 0 Å². The molecule has 0 aliphatic carbocycles. The molecule has 1 rings (SSSR count). The molecule has 1 aromatic heterocycles. The first-order valence-electron chi connectivity index (χ1n) is 3.25. The fraction of sp³-hybridized carbons (Fsp3) is 0.333. The minimum atomic E-state index is -5.89. The van der Waals surface area contributed by atoms with Crippen LogP contribution >= 0.6 is 0 Å². The van der Waals surface area contributed by atoms with E-state index in [0.717, 1.165) is 12.3 Å². The van der Waals surface area contributed by atoms with E-state index in [1.165, 1.54) is 0 Å². The maximum atomic E-state index is 12.4. The molecule has 0 saturated carbocycles. The van der Waals surface area contributed by atoms with Crippen LogP contribution in [0.2, 0.25) is 0 Å². The number of H-pyrrole nitrogens is 1. The molecule has 1 N–H and O–H groups in total. The predicted octanol–water partition coefficient (Wildman–Crippen LogP) is 1.79. The Hall–Kier alpha value is -1.47. The van der Waals surface area contributed by atoms with E-state index in [0.29, 0.717) is 0 Å². The van der Waals surface area contributed by atoms with Crippen LogP contribution in [0, 0.1) is 0 Å². The molecule has 3 nitrogen and oxygen atoms in total. The van der Waals surface area contributed by atoms with Gasteiger partial charge in [-0.25, -0.2) is 0 Å². The topological polar surface area (TPSA) is 45.8 Å². The fourth-order valence-electron chi connectivity index (χ4n) is 0.680. The van der Waals surface area contributed by atoms with Gasteiger partial charge in [0, 0.05) is 6.20 Å². The lowest BCUT2D eigenvalue weighted by Gasteiger charge is -2.16. The van der Waals surface area contributed by atoms with Crippen molar-refractivity contribution >= 4 is 5.78 Å². The number of hydrogen-bond acceptors (Lipinski definition) is 2. The Kier molecular flexibility index (Phi) is 2.30. The van der Waals surface area contributed by atoms with Gasteiger partial charge in [0.2, 0.25) is 0 Å². The molecule has 0 aliphatic heterocycles. The van der Waals surface area contributed by atoms with Gasteiger partial charge in [0.1, 0.15) is 5.69 Å². The predicted molar refractivity (Wildman–Crippen MR) is 33.9 cm³/mol. The number of nitrogens with one attached hydrogen (secondary N) is 1. The molecule has 0 bridgehead atoms. The first-order chi connectivity index (χ1) is 6.27. The molecule has 0 spiro atoms. The Morgan fingerprint density at radius 3 is 2.21 bits per heavy atom. The molecule has 0 amide bonds. The van der Waals surface area contributed by atoms with Crippen molar-refractivity contribution in [3.05, 3.63) is 18.0 Å². The summed E-state index contributed by atoms with van der Waals surface area (Å²) in [5.41, 5.74) is -0.882. The second-order valence-electron chi connectivity index (χ2n) is 2.37. The standard InChI is InChI=1S/C6H3F5N2O/c7-5(8,6(9,10)11)4(14)3-1-2-12-13-3/h1-2H,(H,12,13). The van der Waals surface area contributed by atoms with Gasteiger partial charge in [0.15, 0.2) is 0 Å². The van der Waals surface area contributed by atoms with E-state index in [9.17, 15) is 26.7 Å². The van der Waals surface area contributed by atoms with E-state index < -0.39 is 23.6 Å². The number of nitrogens with zero attached hydrogens (tertiary/aromatic N) is 1. The van der Waals surface area contributed by atoms with Crippen LogP contribution in [0.25, 0.3) is 0 Å². The Labute approximate surface area is 73.9 Å². The molecule has 0 saturated heterocycles. The van der Waals surface area contributed by atoms with Gasteiger partial charge in [-0.2, -0.15) is 27.1 Å². The van der Waals surface area contributed by atoms with Gasteiger partial charge in [0.05, 0.1) is 0 Å². The zero-order valence-corrected chi connectivity index (χ0v) is 6.40. The van der Waals surface area contributed by atoms with Gasteiger partial charge in [-0.15, -0.1) is 0 Å². The van der Waals surface area contributed by atoms with E-state index >= 15 is 0 Å². The smallest absolute Gasteiger partial charge is 0.285 e. The Bertz CT molecular complexity index is 328. The molecule has 0 fully saturated rings.